The van der Waals surface area contributed by atoms with E-state index < -0.39 is 0 Å². The first-order chi connectivity index (χ1) is 16.5. The highest BCUT2D eigenvalue weighted by Gasteiger charge is 2.21. The molecule has 4 aromatic rings. The van der Waals surface area contributed by atoms with Gasteiger partial charge in [0.15, 0.2) is 5.82 Å². The van der Waals surface area contributed by atoms with Crippen molar-refractivity contribution >= 4 is 28.3 Å². The van der Waals surface area contributed by atoms with Gasteiger partial charge in [-0.25, -0.2) is 0 Å². The fraction of sp³-hybridized carbons (Fsp3) is 0.231. The van der Waals surface area contributed by atoms with Crippen LogP contribution in [0.3, 0.4) is 0 Å². The normalized spacial score (nSPS) is 11.5. The van der Waals surface area contributed by atoms with Crippen molar-refractivity contribution in [3.05, 3.63) is 60.1 Å². The summed E-state index contributed by atoms with van der Waals surface area (Å²) in [5.74, 6) is 2.07. The van der Waals surface area contributed by atoms with Crippen LogP contribution >= 0.6 is 0 Å². The summed E-state index contributed by atoms with van der Waals surface area (Å²) in [4.78, 5) is 12.5. The van der Waals surface area contributed by atoms with Crippen molar-refractivity contribution in [2.75, 3.05) is 26.1 Å². The van der Waals surface area contributed by atoms with E-state index in [1.165, 1.54) is 12.3 Å². The molecule has 1 N–H and O–H groups in total. The van der Waals surface area contributed by atoms with Crippen molar-refractivity contribution in [1.29, 1.82) is 0 Å². The Bertz CT molecular complexity index is 1350. The lowest BCUT2D eigenvalue weighted by atomic mass is 9.96. The van der Waals surface area contributed by atoms with Gasteiger partial charge in [0.25, 0.3) is 0 Å². The minimum absolute atomic E-state index is 0.325. The average Bonchev–Trinajstić information content (AvgIpc) is 3.50. The summed E-state index contributed by atoms with van der Waals surface area (Å²) in [6.07, 6.45) is 4.60. The quantitative estimate of drug-likeness (QED) is 0.328. The molecule has 4 rings (SSSR count). The molecule has 0 aliphatic heterocycles. The van der Waals surface area contributed by atoms with E-state index in [9.17, 15) is 4.79 Å². The lowest BCUT2D eigenvalue weighted by Gasteiger charge is -2.15. The first kappa shape index (κ1) is 23.0. The molecule has 0 radical (unpaired) electrons. The fourth-order valence-corrected chi connectivity index (χ4v) is 3.89. The van der Waals surface area contributed by atoms with Gasteiger partial charge in [-0.05, 0) is 50.6 Å². The topological polar surface area (TPSA) is 96.0 Å². The van der Waals surface area contributed by atoms with Crippen molar-refractivity contribution in [1.82, 2.24) is 5.16 Å². The Morgan fingerprint density at radius 3 is 2.65 bits per heavy atom. The molecule has 0 fully saturated rings. The number of nitrogens with zero attached hydrogens (tertiary/aromatic N) is 1. The third kappa shape index (κ3) is 4.34. The molecule has 0 saturated heterocycles. The van der Waals surface area contributed by atoms with Gasteiger partial charge in [0.1, 0.15) is 29.1 Å². The lowest BCUT2D eigenvalue weighted by Crippen LogP contribution is -2.09. The SMILES string of the molecule is CCOc1c(/C(C)=C/C(=O)Nc2ccon2)cc2c(-c3cc(OC)ccc3OC)coc2c1C. The zero-order valence-corrected chi connectivity index (χ0v) is 19.7. The number of aryl methyl sites for hydroxylation is 1. The number of rotatable bonds is 8. The highest BCUT2D eigenvalue weighted by Crippen LogP contribution is 2.43. The van der Waals surface area contributed by atoms with Gasteiger partial charge in [-0.2, -0.15) is 0 Å². The molecule has 0 saturated carbocycles. The van der Waals surface area contributed by atoms with Crippen LogP contribution in [0, 0.1) is 6.92 Å². The Morgan fingerprint density at radius 1 is 1.15 bits per heavy atom. The molecule has 0 spiro atoms. The molecule has 34 heavy (non-hydrogen) atoms. The van der Waals surface area contributed by atoms with Crippen molar-refractivity contribution in [3.8, 4) is 28.4 Å². The molecule has 8 nitrogen and oxygen atoms in total. The average molecular weight is 463 g/mol. The van der Waals surface area contributed by atoms with Gasteiger partial charge in [-0.15, -0.1) is 0 Å². The van der Waals surface area contributed by atoms with Crippen LogP contribution in [0.1, 0.15) is 25.0 Å². The number of carbonyl (C=O) groups is 1. The number of hydrogen-bond donors (Lipinski definition) is 1. The van der Waals surface area contributed by atoms with Crippen molar-refractivity contribution in [2.45, 2.75) is 20.8 Å². The predicted octanol–water partition coefficient (Wildman–Crippen LogP) is 5.85. The summed E-state index contributed by atoms with van der Waals surface area (Å²) in [5.41, 5.74) is 4.73. The van der Waals surface area contributed by atoms with Gasteiger partial charge in [-0.3, -0.25) is 4.79 Å². The molecule has 0 aliphatic carbocycles. The highest BCUT2D eigenvalue weighted by atomic mass is 16.5. The maximum Gasteiger partial charge on any atom is 0.249 e. The molecule has 0 atom stereocenters. The molecular formula is C26H26N2O6. The zero-order valence-electron chi connectivity index (χ0n) is 19.7. The summed E-state index contributed by atoms with van der Waals surface area (Å²) >= 11 is 0. The molecule has 0 aliphatic rings. The molecule has 8 heteroatoms. The van der Waals surface area contributed by atoms with Crippen molar-refractivity contribution in [2.24, 2.45) is 0 Å². The highest BCUT2D eigenvalue weighted by molar-refractivity contribution is 6.05. The second kappa shape index (κ2) is 9.74. The van der Waals surface area contributed by atoms with Gasteiger partial charge < -0.3 is 28.5 Å². The number of nitrogens with one attached hydrogen (secondary N) is 1. The number of benzene rings is 2. The van der Waals surface area contributed by atoms with E-state index in [0.717, 1.165) is 33.2 Å². The van der Waals surface area contributed by atoms with Gasteiger partial charge in [-0.1, -0.05) is 5.16 Å². The van der Waals surface area contributed by atoms with Crippen LogP contribution in [0.2, 0.25) is 0 Å². The summed E-state index contributed by atoms with van der Waals surface area (Å²) in [6, 6.07) is 9.15. The smallest absolute Gasteiger partial charge is 0.249 e. The van der Waals surface area contributed by atoms with Gasteiger partial charge >= 0.3 is 0 Å². The molecule has 2 aromatic heterocycles. The summed E-state index contributed by atoms with van der Waals surface area (Å²) in [5, 5.41) is 7.26. The van der Waals surface area contributed by atoms with Crippen LogP contribution in [0.5, 0.6) is 17.2 Å². The number of carbonyl (C=O) groups excluding carboxylic acids is 1. The van der Waals surface area contributed by atoms with Crippen LogP contribution in [-0.2, 0) is 4.79 Å². The predicted molar refractivity (Wildman–Crippen MR) is 129 cm³/mol. The molecule has 0 bridgehead atoms. The van der Waals surface area contributed by atoms with Gasteiger partial charge in [0.05, 0.1) is 27.1 Å². The van der Waals surface area contributed by atoms with Crippen molar-refractivity contribution < 1.29 is 27.9 Å². The van der Waals surface area contributed by atoms with Gasteiger partial charge in [0.2, 0.25) is 5.91 Å². The zero-order chi connectivity index (χ0) is 24.2. The monoisotopic (exact) mass is 462 g/mol. The van der Waals surface area contributed by atoms with Crippen molar-refractivity contribution in [3.63, 3.8) is 0 Å². The first-order valence-corrected chi connectivity index (χ1v) is 10.8. The van der Waals surface area contributed by atoms with Crippen LogP contribution < -0.4 is 19.5 Å². The van der Waals surface area contributed by atoms with E-state index in [-0.39, 0.29) is 5.91 Å². The van der Waals surface area contributed by atoms with E-state index in [1.807, 2.05) is 45.0 Å². The van der Waals surface area contributed by atoms with Crippen LogP contribution in [0.4, 0.5) is 5.82 Å². The van der Waals surface area contributed by atoms with E-state index in [0.29, 0.717) is 35.3 Å². The Morgan fingerprint density at radius 2 is 1.97 bits per heavy atom. The number of allylic oxidation sites excluding steroid dienone is 1. The molecule has 1 amide bonds. The number of ether oxygens (including phenoxy) is 3. The second-order valence-electron chi connectivity index (χ2n) is 7.60. The summed E-state index contributed by atoms with van der Waals surface area (Å²) in [7, 11) is 3.24. The molecule has 176 valence electrons. The maximum absolute atomic E-state index is 12.5. The number of methoxy groups -OCH3 is 2. The van der Waals surface area contributed by atoms with Gasteiger partial charge in [0, 0.05) is 39.8 Å². The number of anilines is 1. The third-order valence-electron chi connectivity index (χ3n) is 5.49. The van der Waals surface area contributed by atoms with E-state index in [2.05, 4.69) is 10.5 Å². The molecular weight excluding hydrogens is 436 g/mol. The number of fused-ring (bicyclic) bond motifs is 1. The van der Waals surface area contributed by atoms with Crippen LogP contribution in [0.25, 0.3) is 27.7 Å². The Labute approximate surface area is 197 Å². The third-order valence-corrected chi connectivity index (χ3v) is 5.49. The van der Waals surface area contributed by atoms with E-state index in [1.54, 1.807) is 26.5 Å². The standard InChI is InChI=1S/C26H26N2O6/c1-6-32-25-16(3)26-20(13-18(25)15(2)11-24(29)27-23-9-10-34-28-23)21(14-33-26)19-12-17(30-4)7-8-22(19)31-5/h7-14H,6H2,1-5H3,(H,27,28,29)/b15-11+. The van der Waals surface area contributed by atoms with Crippen LogP contribution in [0.15, 0.2) is 57.9 Å². The van der Waals surface area contributed by atoms with E-state index in [4.69, 9.17) is 23.2 Å². The number of aromatic nitrogens is 1. The Hall–Kier alpha value is -4.20. The maximum atomic E-state index is 12.5. The molecule has 2 heterocycles. The summed E-state index contributed by atoms with van der Waals surface area (Å²) in [6.45, 7) is 6.18. The minimum atomic E-state index is -0.325. The molecule has 0 unspecified atom stereocenters. The number of amides is 1. The van der Waals surface area contributed by atoms with E-state index >= 15 is 0 Å². The number of furan rings is 1. The Kier molecular flexibility index (Phi) is 6.58. The summed E-state index contributed by atoms with van der Waals surface area (Å²) < 4.78 is 27.7. The lowest BCUT2D eigenvalue weighted by molar-refractivity contribution is -0.111. The molecule has 2 aromatic carbocycles. The van der Waals surface area contributed by atoms with Crippen LogP contribution in [-0.4, -0.2) is 31.9 Å². The largest absolute Gasteiger partial charge is 0.497 e. The first-order valence-electron chi connectivity index (χ1n) is 10.8. The minimum Gasteiger partial charge on any atom is -0.497 e. The number of hydrogen-bond acceptors (Lipinski definition) is 7. The second-order valence-corrected chi connectivity index (χ2v) is 7.60. The Balaban J connectivity index is 1.86. The fourth-order valence-electron chi connectivity index (χ4n) is 3.89.